The predicted molar refractivity (Wildman–Crippen MR) is 47.1 cm³/mol. The average molecular weight is 161 g/mol. The van der Waals surface area contributed by atoms with E-state index in [4.69, 9.17) is 16.7 Å². The average Bonchev–Trinajstić information content (AvgIpc) is 2.17. The van der Waals surface area contributed by atoms with Gasteiger partial charge in [0.2, 0.25) is 0 Å². The molecule has 0 saturated carbocycles. The van der Waals surface area contributed by atoms with E-state index in [1.54, 1.807) is 12.1 Å². The molecule has 4 N–H and O–H groups in total. The highest BCUT2D eigenvalue weighted by atomic mass is 14.7. The summed E-state index contributed by atoms with van der Waals surface area (Å²) in [5, 5.41) is 8.59. The van der Waals surface area contributed by atoms with Crippen LogP contribution in [0.5, 0.6) is 0 Å². The molecule has 3 heteroatoms. The summed E-state index contributed by atoms with van der Waals surface area (Å²) >= 11 is 0. The number of nitrogens with zero attached hydrogens (tertiary/aromatic N) is 1. The van der Waals surface area contributed by atoms with Crippen LogP contribution in [-0.2, 0) is 0 Å². The van der Waals surface area contributed by atoms with Crippen molar-refractivity contribution in [1.82, 2.24) is 0 Å². The molecule has 1 aromatic carbocycles. The topological polar surface area (TPSA) is 75.8 Å². The van der Waals surface area contributed by atoms with Gasteiger partial charge in [0.15, 0.2) is 0 Å². The monoisotopic (exact) mass is 161 g/mol. The van der Waals surface area contributed by atoms with Gasteiger partial charge in [-0.1, -0.05) is 12.1 Å². The Morgan fingerprint density at radius 1 is 1.50 bits per heavy atom. The summed E-state index contributed by atoms with van der Waals surface area (Å²) in [5.41, 5.74) is 12.6. The van der Waals surface area contributed by atoms with Gasteiger partial charge < -0.3 is 11.5 Å². The molecule has 0 aliphatic carbocycles. The highest BCUT2D eigenvalue weighted by Gasteiger charge is 2.02. The van der Waals surface area contributed by atoms with Crippen molar-refractivity contribution in [3.63, 3.8) is 0 Å². The maximum atomic E-state index is 8.59. The zero-order chi connectivity index (χ0) is 8.97. The van der Waals surface area contributed by atoms with Crippen LogP contribution in [0.1, 0.15) is 17.2 Å². The Morgan fingerprint density at radius 3 is 2.83 bits per heavy atom. The van der Waals surface area contributed by atoms with Gasteiger partial charge in [-0.25, -0.2) is 0 Å². The Balaban J connectivity index is 2.95. The molecule has 1 rings (SSSR count). The fourth-order valence-electron chi connectivity index (χ4n) is 0.975. The highest BCUT2D eigenvalue weighted by molar-refractivity contribution is 5.34. The summed E-state index contributed by atoms with van der Waals surface area (Å²) in [4.78, 5) is 0. The van der Waals surface area contributed by atoms with Gasteiger partial charge in [0.1, 0.15) is 0 Å². The van der Waals surface area contributed by atoms with Crippen molar-refractivity contribution in [3.8, 4) is 6.07 Å². The molecule has 0 aromatic heterocycles. The van der Waals surface area contributed by atoms with E-state index in [2.05, 4.69) is 0 Å². The van der Waals surface area contributed by atoms with Crippen molar-refractivity contribution < 1.29 is 0 Å². The SMILES string of the molecule is N#Cc1cccc([C@H](N)CN)c1. The molecule has 0 bridgehead atoms. The van der Waals surface area contributed by atoms with Crippen molar-refractivity contribution in [2.45, 2.75) is 6.04 Å². The first-order valence-corrected chi connectivity index (χ1v) is 3.73. The molecule has 0 aliphatic heterocycles. The van der Waals surface area contributed by atoms with Gasteiger partial charge in [-0.05, 0) is 17.7 Å². The summed E-state index contributed by atoms with van der Waals surface area (Å²) in [6.45, 7) is 0.398. The summed E-state index contributed by atoms with van der Waals surface area (Å²) in [5.74, 6) is 0. The Hall–Kier alpha value is -1.37. The second kappa shape index (κ2) is 3.86. The Morgan fingerprint density at radius 2 is 2.25 bits per heavy atom. The van der Waals surface area contributed by atoms with Crippen LogP contribution < -0.4 is 11.5 Å². The Labute approximate surface area is 71.6 Å². The fraction of sp³-hybridized carbons (Fsp3) is 0.222. The number of hydrogen-bond acceptors (Lipinski definition) is 3. The Kier molecular flexibility index (Phi) is 2.81. The third-order valence-corrected chi connectivity index (χ3v) is 1.70. The molecule has 12 heavy (non-hydrogen) atoms. The normalized spacial score (nSPS) is 12.1. The molecule has 0 fully saturated rings. The second-order valence-electron chi connectivity index (χ2n) is 2.58. The van der Waals surface area contributed by atoms with Crippen molar-refractivity contribution in [2.24, 2.45) is 11.5 Å². The molecule has 1 atom stereocenters. The molecule has 62 valence electrons. The van der Waals surface area contributed by atoms with Crippen LogP contribution in [-0.4, -0.2) is 6.54 Å². The number of hydrogen-bond donors (Lipinski definition) is 2. The lowest BCUT2D eigenvalue weighted by atomic mass is 10.1. The predicted octanol–water partition coefficient (Wildman–Crippen LogP) is 0.517. The van der Waals surface area contributed by atoms with Gasteiger partial charge in [0, 0.05) is 12.6 Å². The number of benzene rings is 1. The molecular weight excluding hydrogens is 150 g/mol. The van der Waals surface area contributed by atoms with Crippen LogP contribution in [0.2, 0.25) is 0 Å². The first kappa shape index (κ1) is 8.72. The third kappa shape index (κ3) is 1.82. The van der Waals surface area contributed by atoms with Crippen LogP contribution in [0.15, 0.2) is 24.3 Å². The smallest absolute Gasteiger partial charge is 0.0991 e. The van der Waals surface area contributed by atoms with E-state index in [-0.39, 0.29) is 6.04 Å². The van der Waals surface area contributed by atoms with E-state index in [0.29, 0.717) is 12.1 Å². The molecule has 0 saturated heterocycles. The largest absolute Gasteiger partial charge is 0.329 e. The van der Waals surface area contributed by atoms with Crippen LogP contribution in [0.4, 0.5) is 0 Å². The van der Waals surface area contributed by atoms with E-state index in [9.17, 15) is 0 Å². The first-order chi connectivity index (χ1) is 5.77. The number of nitriles is 1. The zero-order valence-electron chi connectivity index (χ0n) is 6.70. The molecule has 0 spiro atoms. The van der Waals surface area contributed by atoms with E-state index in [1.165, 1.54) is 0 Å². The van der Waals surface area contributed by atoms with Crippen molar-refractivity contribution >= 4 is 0 Å². The fourth-order valence-corrected chi connectivity index (χ4v) is 0.975. The minimum absolute atomic E-state index is 0.168. The highest BCUT2D eigenvalue weighted by Crippen LogP contribution is 2.10. The summed E-state index contributed by atoms with van der Waals surface area (Å²) in [7, 11) is 0. The van der Waals surface area contributed by atoms with E-state index in [1.807, 2.05) is 18.2 Å². The summed E-state index contributed by atoms with van der Waals surface area (Å²) < 4.78 is 0. The molecule has 0 aliphatic rings. The maximum Gasteiger partial charge on any atom is 0.0991 e. The Bertz CT molecular complexity index is 301. The van der Waals surface area contributed by atoms with Crippen LogP contribution in [0, 0.1) is 11.3 Å². The van der Waals surface area contributed by atoms with Gasteiger partial charge in [-0.3, -0.25) is 0 Å². The second-order valence-corrected chi connectivity index (χ2v) is 2.58. The first-order valence-electron chi connectivity index (χ1n) is 3.73. The van der Waals surface area contributed by atoms with Gasteiger partial charge in [0.05, 0.1) is 11.6 Å². The molecule has 0 radical (unpaired) electrons. The lowest BCUT2D eigenvalue weighted by Crippen LogP contribution is -2.20. The van der Waals surface area contributed by atoms with Crippen molar-refractivity contribution in [2.75, 3.05) is 6.54 Å². The third-order valence-electron chi connectivity index (χ3n) is 1.70. The maximum absolute atomic E-state index is 8.59. The molecule has 0 unspecified atom stereocenters. The van der Waals surface area contributed by atoms with Gasteiger partial charge in [-0.15, -0.1) is 0 Å². The van der Waals surface area contributed by atoms with Gasteiger partial charge in [0.25, 0.3) is 0 Å². The standard InChI is InChI=1S/C9H11N3/c10-5-7-2-1-3-8(4-7)9(12)6-11/h1-4,9H,6,11-12H2/t9-/m1/s1. The van der Waals surface area contributed by atoms with Crippen LogP contribution in [0.25, 0.3) is 0 Å². The minimum atomic E-state index is -0.168. The van der Waals surface area contributed by atoms with Gasteiger partial charge >= 0.3 is 0 Å². The number of rotatable bonds is 2. The lowest BCUT2D eigenvalue weighted by Gasteiger charge is -2.08. The molecule has 0 amide bonds. The van der Waals surface area contributed by atoms with E-state index < -0.39 is 0 Å². The number of nitrogens with two attached hydrogens (primary N) is 2. The minimum Gasteiger partial charge on any atom is -0.329 e. The van der Waals surface area contributed by atoms with Crippen molar-refractivity contribution in [3.05, 3.63) is 35.4 Å². The molecular formula is C9H11N3. The molecule has 3 nitrogen and oxygen atoms in total. The summed E-state index contributed by atoms with van der Waals surface area (Å²) in [6, 6.07) is 9.07. The summed E-state index contributed by atoms with van der Waals surface area (Å²) in [6.07, 6.45) is 0. The quantitative estimate of drug-likeness (QED) is 0.663. The van der Waals surface area contributed by atoms with Crippen LogP contribution in [0.3, 0.4) is 0 Å². The molecule has 1 aromatic rings. The zero-order valence-corrected chi connectivity index (χ0v) is 6.70. The van der Waals surface area contributed by atoms with Crippen LogP contribution >= 0.6 is 0 Å². The van der Waals surface area contributed by atoms with E-state index >= 15 is 0 Å². The molecule has 0 heterocycles. The van der Waals surface area contributed by atoms with Gasteiger partial charge in [-0.2, -0.15) is 5.26 Å². The van der Waals surface area contributed by atoms with E-state index in [0.717, 1.165) is 5.56 Å². The lowest BCUT2D eigenvalue weighted by molar-refractivity contribution is 0.737. The van der Waals surface area contributed by atoms with Crippen molar-refractivity contribution in [1.29, 1.82) is 5.26 Å².